The molecule has 3 N–H and O–H groups in total. The molecule has 0 spiro atoms. The van der Waals surface area contributed by atoms with E-state index in [4.69, 9.17) is 0 Å². The Hall–Kier alpha value is -0.640. The van der Waals surface area contributed by atoms with E-state index >= 15 is 0 Å². The zero-order valence-electron chi connectivity index (χ0n) is 34.3. The number of hydrogen-bond donors (Lipinski definition) is 3. The molecule has 0 radical (unpaired) electrons. The van der Waals surface area contributed by atoms with Gasteiger partial charge in [-0.2, -0.15) is 0 Å². The van der Waals surface area contributed by atoms with Crippen LogP contribution in [-0.2, 0) is 0 Å². The second-order valence-electron chi connectivity index (χ2n) is 16.0. The lowest BCUT2D eigenvalue weighted by Crippen LogP contribution is -2.44. The maximum atomic E-state index is 11.2. The summed E-state index contributed by atoms with van der Waals surface area (Å²) in [6, 6.07) is 0. The molecule has 0 amide bonds. The lowest BCUT2D eigenvalue weighted by atomic mass is 9.85. The second-order valence-corrected chi connectivity index (χ2v) is 16.0. The van der Waals surface area contributed by atoms with Gasteiger partial charge >= 0.3 is 0 Å². The van der Waals surface area contributed by atoms with Crippen LogP contribution in [0.25, 0.3) is 0 Å². The first-order chi connectivity index (χ1) is 24.6. The van der Waals surface area contributed by atoms with Crippen LogP contribution in [0.2, 0.25) is 0 Å². The van der Waals surface area contributed by atoms with Gasteiger partial charge in [0.25, 0.3) is 0 Å². The van der Waals surface area contributed by atoms with Crippen LogP contribution >= 0.6 is 0 Å². The highest BCUT2D eigenvalue weighted by molar-refractivity contribution is 4.86. The second kappa shape index (κ2) is 41.1. The minimum Gasteiger partial charge on any atom is -0.394 e. The van der Waals surface area contributed by atoms with Crippen molar-refractivity contribution in [1.29, 1.82) is 0 Å². The van der Waals surface area contributed by atoms with E-state index in [-0.39, 0.29) is 6.61 Å². The van der Waals surface area contributed by atoms with Crippen molar-refractivity contribution >= 4 is 0 Å². The number of rotatable bonds is 42. The van der Waals surface area contributed by atoms with Crippen molar-refractivity contribution in [2.24, 2.45) is 0 Å². The first kappa shape index (κ1) is 49.4. The molecular weight excluding hydrogens is 613 g/mol. The van der Waals surface area contributed by atoms with Gasteiger partial charge in [-0.1, -0.05) is 218 Å². The van der Waals surface area contributed by atoms with Gasteiger partial charge in [0.1, 0.15) is 6.10 Å². The van der Waals surface area contributed by atoms with Gasteiger partial charge in [0.2, 0.25) is 0 Å². The van der Waals surface area contributed by atoms with Crippen LogP contribution in [0.5, 0.6) is 0 Å². The van der Waals surface area contributed by atoms with Crippen LogP contribution in [0.3, 0.4) is 0 Å². The molecule has 0 saturated heterocycles. The standard InChI is InChI=1S/C47H92O3/c1-3-5-7-9-11-13-15-17-19-21-23-25-27-29-31-33-35-37-39-41-43-47(50,46(49)45-48)44-42-40-38-36-34-32-30-28-26-24-22-20-18-16-14-12-10-8-6-4-2/h17-20,46,48-50H,3-16,21-45H2,1-2H3/b19-17-,20-18-. The fourth-order valence-corrected chi connectivity index (χ4v) is 7.40. The zero-order valence-corrected chi connectivity index (χ0v) is 34.3. The Balaban J connectivity index is 3.61. The molecule has 0 aliphatic rings. The van der Waals surface area contributed by atoms with Gasteiger partial charge in [-0.15, -0.1) is 0 Å². The average molecular weight is 705 g/mol. The molecule has 3 heteroatoms. The van der Waals surface area contributed by atoms with Crippen LogP contribution in [0, 0.1) is 0 Å². The van der Waals surface area contributed by atoms with Gasteiger partial charge in [-0.3, -0.25) is 0 Å². The molecule has 1 unspecified atom stereocenters. The summed E-state index contributed by atoms with van der Waals surface area (Å²) in [5.41, 5.74) is -1.12. The molecule has 0 saturated carbocycles. The summed E-state index contributed by atoms with van der Waals surface area (Å²) in [5.74, 6) is 0. The Morgan fingerprint density at radius 3 is 0.820 bits per heavy atom. The van der Waals surface area contributed by atoms with E-state index in [1.807, 2.05) is 0 Å². The Morgan fingerprint density at radius 1 is 0.360 bits per heavy atom. The Bertz CT molecular complexity index is 636. The molecule has 0 fully saturated rings. The number of allylic oxidation sites excluding steroid dienone is 4. The van der Waals surface area contributed by atoms with Gasteiger partial charge in [0.15, 0.2) is 0 Å². The van der Waals surface area contributed by atoms with E-state index in [1.165, 1.54) is 205 Å². The molecule has 0 rings (SSSR count). The summed E-state index contributed by atoms with van der Waals surface area (Å²) in [6.07, 6.45) is 56.9. The third-order valence-corrected chi connectivity index (χ3v) is 11.0. The Morgan fingerprint density at radius 2 is 0.580 bits per heavy atom. The third-order valence-electron chi connectivity index (χ3n) is 11.0. The predicted octanol–water partition coefficient (Wildman–Crippen LogP) is 15.0. The molecule has 298 valence electrons. The molecule has 0 aromatic rings. The van der Waals surface area contributed by atoms with E-state index in [2.05, 4.69) is 38.2 Å². The zero-order chi connectivity index (χ0) is 36.5. The van der Waals surface area contributed by atoms with E-state index < -0.39 is 11.7 Å². The fourth-order valence-electron chi connectivity index (χ4n) is 7.40. The van der Waals surface area contributed by atoms with Crippen molar-refractivity contribution in [2.45, 2.75) is 270 Å². The SMILES string of the molecule is CCCCCCCC/C=C\CCCCCCCCCCCCC(O)(CCCCCCCCCCCC/C=C\CCCCCCCC)C(O)CO. The molecule has 0 heterocycles. The van der Waals surface area contributed by atoms with Gasteiger partial charge < -0.3 is 15.3 Å². The van der Waals surface area contributed by atoms with Crippen LogP contribution in [0.15, 0.2) is 24.3 Å². The van der Waals surface area contributed by atoms with Gasteiger partial charge in [0, 0.05) is 0 Å². The topological polar surface area (TPSA) is 60.7 Å². The van der Waals surface area contributed by atoms with Crippen LogP contribution in [0.4, 0.5) is 0 Å². The molecule has 0 bridgehead atoms. The first-order valence-electron chi connectivity index (χ1n) is 22.9. The minimum absolute atomic E-state index is 0.346. The monoisotopic (exact) mass is 705 g/mol. The highest BCUT2D eigenvalue weighted by Crippen LogP contribution is 2.27. The van der Waals surface area contributed by atoms with E-state index in [0.29, 0.717) is 12.8 Å². The summed E-state index contributed by atoms with van der Waals surface area (Å²) in [6.45, 7) is 4.22. The Labute approximate surface area is 315 Å². The van der Waals surface area contributed by atoms with Crippen molar-refractivity contribution in [2.75, 3.05) is 6.61 Å². The van der Waals surface area contributed by atoms with E-state index in [0.717, 1.165) is 25.7 Å². The summed E-state index contributed by atoms with van der Waals surface area (Å²) in [5, 5.41) is 31.1. The molecule has 1 atom stereocenters. The minimum atomic E-state index is -1.12. The fraction of sp³-hybridized carbons (Fsp3) is 0.915. The highest BCUT2D eigenvalue weighted by Gasteiger charge is 2.33. The lowest BCUT2D eigenvalue weighted by molar-refractivity contribution is -0.106. The van der Waals surface area contributed by atoms with Crippen molar-refractivity contribution in [3.05, 3.63) is 24.3 Å². The van der Waals surface area contributed by atoms with Crippen molar-refractivity contribution in [1.82, 2.24) is 0 Å². The van der Waals surface area contributed by atoms with E-state index in [9.17, 15) is 15.3 Å². The molecule has 3 nitrogen and oxygen atoms in total. The van der Waals surface area contributed by atoms with Gasteiger partial charge in [0.05, 0.1) is 12.2 Å². The number of hydrogen-bond acceptors (Lipinski definition) is 3. The van der Waals surface area contributed by atoms with Gasteiger partial charge in [-0.05, 0) is 64.2 Å². The molecule has 0 aliphatic heterocycles. The van der Waals surface area contributed by atoms with Gasteiger partial charge in [-0.25, -0.2) is 0 Å². The lowest BCUT2D eigenvalue weighted by Gasteiger charge is -2.32. The maximum Gasteiger partial charge on any atom is 0.106 e. The molecule has 0 aromatic carbocycles. The largest absolute Gasteiger partial charge is 0.394 e. The summed E-state index contributed by atoms with van der Waals surface area (Å²) < 4.78 is 0. The highest BCUT2D eigenvalue weighted by atomic mass is 16.4. The predicted molar refractivity (Wildman–Crippen MR) is 223 cm³/mol. The number of aliphatic hydroxyl groups is 3. The average Bonchev–Trinajstić information content (AvgIpc) is 3.12. The van der Waals surface area contributed by atoms with E-state index in [1.54, 1.807) is 0 Å². The van der Waals surface area contributed by atoms with Crippen molar-refractivity contribution < 1.29 is 15.3 Å². The summed E-state index contributed by atoms with van der Waals surface area (Å²) >= 11 is 0. The molecule has 0 aliphatic carbocycles. The van der Waals surface area contributed by atoms with Crippen LogP contribution in [0.1, 0.15) is 258 Å². The molecule has 50 heavy (non-hydrogen) atoms. The first-order valence-corrected chi connectivity index (χ1v) is 22.9. The number of unbranched alkanes of at least 4 members (excludes halogenated alkanes) is 32. The summed E-state index contributed by atoms with van der Waals surface area (Å²) in [7, 11) is 0. The normalized spacial score (nSPS) is 13.0. The van der Waals surface area contributed by atoms with Crippen molar-refractivity contribution in [3.8, 4) is 0 Å². The maximum absolute atomic E-state index is 11.2. The van der Waals surface area contributed by atoms with Crippen LogP contribution in [-0.4, -0.2) is 33.6 Å². The smallest absolute Gasteiger partial charge is 0.106 e. The summed E-state index contributed by atoms with van der Waals surface area (Å²) in [4.78, 5) is 0. The molecular formula is C47H92O3. The molecule has 0 aromatic heterocycles. The third kappa shape index (κ3) is 35.7. The van der Waals surface area contributed by atoms with Crippen molar-refractivity contribution in [3.63, 3.8) is 0 Å². The quantitative estimate of drug-likeness (QED) is 0.0438. The number of aliphatic hydroxyl groups excluding tert-OH is 2. The Kier molecular flexibility index (Phi) is 40.6. The van der Waals surface area contributed by atoms with Crippen LogP contribution < -0.4 is 0 Å².